The van der Waals surface area contributed by atoms with Crippen molar-refractivity contribution >= 4 is 17.8 Å². The fraction of sp³-hybridized carbons (Fsp3) is 0.185. The zero-order valence-electron chi connectivity index (χ0n) is 18.9. The topological polar surface area (TPSA) is 84.9 Å². The summed E-state index contributed by atoms with van der Waals surface area (Å²) >= 11 is 0. The Hall–Kier alpha value is -3.90. The highest BCUT2D eigenvalue weighted by atomic mass is 16.5. The number of benzene rings is 3. The van der Waals surface area contributed by atoms with Gasteiger partial charge in [-0.05, 0) is 71.1 Å². The molecule has 0 aliphatic carbocycles. The molecule has 0 spiro atoms. The lowest BCUT2D eigenvalue weighted by atomic mass is 9.97. The maximum Gasteiger partial charge on any atom is 0.371 e. The number of carbonyl (C=O) groups is 2. The van der Waals surface area contributed by atoms with Gasteiger partial charge >= 0.3 is 5.97 Å². The molecule has 0 bridgehead atoms. The van der Waals surface area contributed by atoms with Gasteiger partial charge in [-0.1, -0.05) is 36.4 Å². The van der Waals surface area contributed by atoms with Crippen LogP contribution in [0.1, 0.15) is 27.0 Å². The van der Waals surface area contributed by atoms with E-state index in [1.54, 1.807) is 31.4 Å². The number of carboxylic acids is 1. The van der Waals surface area contributed by atoms with Crippen molar-refractivity contribution < 1.29 is 24.2 Å². The second kappa shape index (κ2) is 11.1. The summed E-state index contributed by atoms with van der Waals surface area (Å²) in [4.78, 5) is 23.5. The minimum atomic E-state index is -1.11. The third kappa shape index (κ3) is 6.30. The number of aryl methyl sites for hydroxylation is 1. The molecule has 0 radical (unpaired) electrons. The number of hydrogen-bond acceptors (Lipinski definition) is 5. The van der Waals surface area contributed by atoms with Crippen LogP contribution in [0.4, 0.5) is 0 Å². The summed E-state index contributed by atoms with van der Waals surface area (Å²) in [5, 5.41) is 12.3. The van der Waals surface area contributed by atoms with Crippen molar-refractivity contribution in [2.24, 2.45) is 0 Å². The first-order valence-corrected chi connectivity index (χ1v) is 10.5. The lowest BCUT2D eigenvalue weighted by molar-refractivity contribution is -0.135. The summed E-state index contributed by atoms with van der Waals surface area (Å²) in [5.74, 6) is -0.480. The number of aliphatic carboxylic acids is 1. The summed E-state index contributed by atoms with van der Waals surface area (Å²) in [6, 6.07) is 20.9. The van der Waals surface area contributed by atoms with E-state index < -0.39 is 5.97 Å². The maximum absolute atomic E-state index is 12.4. The number of ketones is 1. The predicted molar refractivity (Wildman–Crippen MR) is 128 cm³/mol. The molecule has 0 atom stereocenters. The van der Waals surface area contributed by atoms with Gasteiger partial charge in [0.25, 0.3) is 0 Å². The molecule has 2 N–H and O–H groups in total. The second-order valence-electron chi connectivity index (χ2n) is 7.55. The van der Waals surface area contributed by atoms with Crippen molar-refractivity contribution in [2.75, 3.05) is 20.8 Å². The van der Waals surface area contributed by atoms with Crippen molar-refractivity contribution in [3.63, 3.8) is 0 Å². The second-order valence-corrected chi connectivity index (χ2v) is 7.55. The molecule has 0 heterocycles. The Labute approximate surface area is 193 Å². The largest absolute Gasteiger partial charge is 0.497 e. The number of hydrogen-bond donors (Lipinski definition) is 2. The van der Waals surface area contributed by atoms with E-state index in [0.717, 1.165) is 33.6 Å². The zero-order chi connectivity index (χ0) is 23.8. The van der Waals surface area contributed by atoms with Gasteiger partial charge < -0.3 is 19.9 Å². The van der Waals surface area contributed by atoms with Crippen molar-refractivity contribution in [1.82, 2.24) is 5.32 Å². The number of nitrogens with one attached hydrogen (secondary N) is 1. The van der Waals surface area contributed by atoms with E-state index in [1.807, 2.05) is 43.3 Å². The fourth-order valence-electron chi connectivity index (χ4n) is 3.51. The monoisotopic (exact) mass is 445 g/mol. The molecule has 3 rings (SSSR count). The molecule has 33 heavy (non-hydrogen) atoms. The van der Waals surface area contributed by atoms with Crippen LogP contribution in [0.3, 0.4) is 0 Å². The van der Waals surface area contributed by atoms with E-state index in [0.29, 0.717) is 12.1 Å². The Kier molecular flexibility index (Phi) is 8.00. The molecule has 6 nitrogen and oxygen atoms in total. The van der Waals surface area contributed by atoms with Crippen molar-refractivity contribution in [2.45, 2.75) is 13.5 Å². The highest BCUT2D eigenvalue weighted by molar-refractivity contribution is 5.97. The van der Waals surface area contributed by atoms with E-state index >= 15 is 0 Å². The van der Waals surface area contributed by atoms with Crippen LogP contribution in [0.15, 0.2) is 72.5 Å². The average molecular weight is 446 g/mol. The predicted octanol–water partition coefficient (Wildman–Crippen LogP) is 4.72. The minimum absolute atomic E-state index is 0.0186. The van der Waals surface area contributed by atoms with E-state index in [9.17, 15) is 9.59 Å². The van der Waals surface area contributed by atoms with E-state index in [1.165, 1.54) is 13.2 Å². The summed E-state index contributed by atoms with van der Waals surface area (Å²) < 4.78 is 10.0. The Balaban J connectivity index is 1.66. The quantitative estimate of drug-likeness (QED) is 0.267. The van der Waals surface area contributed by atoms with Gasteiger partial charge in [-0.3, -0.25) is 4.79 Å². The first-order chi connectivity index (χ1) is 15.9. The molecule has 0 aromatic heterocycles. The molecule has 0 fully saturated rings. The smallest absolute Gasteiger partial charge is 0.371 e. The van der Waals surface area contributed by atoms with Gasteiger partial charge in [-0.15, -0.1) is 0 Å². The molecule has 0 aliphatic rings. The molecule has 3 aromatic rings. The van der Waals surface area contributed by atoms with E-state index in [-0.39, 0.29) is 18.1 Å². The Bertz CT molecular complexity index is 1170. The molecule has 0 saturated heterocycles. The Morgan fingerprint density at radius 2 is 1.76 bits per heavy atom. The zero-order valence-corrected chi connectivity index (χ0v) is 18.9. The van der Waals surface area contributed by atoms with Crippen LogP contribution >= 0.6 is 0 Å². The minimum Gasteiger partial charge on any atom is -0.497 e. The molecular formula is C27H27NO5. The molecule has 6 heteroatoms. The number of carboxylic acid groups (broad SMARTS) is 1. The average Bonchev–Trinajstić information content (AvgIpc) is 2.82. The summed E-state index contributed by atoms with van der Waals surface area (Å²) in [6.45, 7) is 2.78. The van der Waals surface area contributed by atoms with Crippen LogP contribution in [-0.2, 0) is 16.1 Å². The van der Waals surface area contributed by atoms with Crippen LogP contribution in [-0.4, -0.2) is 37.6 Å². The molecule has 3 aromatic carbocycles. The van der Waals surface area contributed by atoms with Gasteiger partial charge in [0.05, 0.1) is 20.8 Å². The van der Waals surface area contributed by atoms with Crippen LogP contribution in [0.25, 0.3) is 17.2 Å². The number of ether oxygens (including phenoxy) is 2. The molecule has 0 unspecified atom stereocenters. The molecule has 0 aliphatic heterocycles. The normalized spacial score (nSPS) is 11.2. The van der Waals surface area contributed by atoms with Crippen LogP contribution in [0.2, 0.25) is 0 Å². The third-order valence-electron chi connectivity index (χ3n) is 5.24. The molecule has 0 saturated carbocycles. The maximum atomic E-state index is 12.4. The van der Waals surface area contributed by atoms with Crippen molar-refractivity contribution in [3.8, 4) is 16.9 Å². The van der Waals surface area contributed by atoms with Gasteiger partial charge in [-0.2, -0.15) is 0 Å². The molecule has 170 valence electrons. The summed E-state index contributed by atoms with van der Waals surface area (Å²) in [7, 11) is 2.93. The van der Waals surface area contributed by atoms with Crippen molar-refractivity contribution in [3.05, 3.63) is 94.7 Å². The molecule has 0 amide bonds. The van der Waals surface area contributed by atoms with Gasteiger partial charge in [0.2, 0.25) is 5.76 Å². The Morgan fingerprint density at radius 1 is 1.00 bits per heavy atom. The first kappa shape index (κ1) is 23.8. The van der Waals surface area contributed by atoms with Crippen LogP contribution < -0.4 is 10.1 Å². The van der Waals surface area contributed by atoms with E-state index in [4.69, 9.17) is 14.6 Å². The third-order valence-corrected chi connectivity index (χ3v) is 5.24. The highest BCUT2D eigenvalue weighted by Crippen LogP contribution is 2.26. The van der Waals surface area contributed by atoms with Gasteiger partial charge in [0.15, 0.2) is 5.78 Å². The van der Waals surface area contributed by atoms with Crippen LogP contribution in [0.5, 0.6) is 5.75 Å². The van der Waals surface area contributed by atoms with E-state index in [2.05, 4.69) is 11.4 Å². The number of carbonyl (C=O) groups excluding carboxylic acids is 1. The van der Waals surface area contributed by atoms with Crippen LogP contribution in [0, 0.1) is 6.92 Å². The number of Topliss-reactive ketones (excluding diaryl/α,β-unsaturated/α-hetero) is 1. The van der Waals surface area contributed by atoms with Gasteiger partial charge in [-0.25, -0.2) is 4.79 Å². The molecular weight excluding hydrogens is 418 g/mol. The lowest BCUT2D eigenvalue weighted by Gasteiger charge is -2.11. The lowest BCUT2D eigenvalue weighted by Crippen LogP contribution is -2.22. The number of methoxy groups -OCH3 is 2. The fourth-order valence-corrected chi connectivity index (χ4v) is 3.51. The Morgan fingerprint density at radius 3 is 2.39 bits per heavy atom. The first-order valence-electron chi connectivity index (χ1n) is 10.5. The summed E-state index contributed by atoms with van der Waals surface area (Å²) in [5.41, 5.74) is 5.58. The standard InChI is InChI=1S/C27H27NO5/c1-18-13-19(15-26(33-3)27(30)31)7-12-24(18)22-6-4-5-20(14-22)16-28-17-25(29)21-8-10-23(32-2)11-9-21/h4-15,28H,16-17H2,1-3H3,(H,30,31). The van der Waals surface area contributed by atoms with Gasteiger partial charge in [0, 0.05) is 12.1 Å². The summed E-state index contributed by atoms with van der Waals surface area (Å²) in [6.07, 6.45) is 1.50. The highest BCUT2D eigenvalue weighted by Gasteiger charge is 2.09. The van der Waals surface area contributed by atoms with Crippen molar-refractivity contribution in [1.29, 1.82) is 0 Å². The number of rotatable bonds is 10. The van der Waals surface area contributed by atoms with Gasteiger partial charge in [0.1, 0.15) is 5.75 Å². The SMILES string of the molecule is COC(=Cc1ccc(-c2cccc(CNCC(=O)c3ccc(OC)cc3)c2)c(C)c1)C(=O)O.